The molecule has 1 atom stereocenters. The first kappa shape index (κ1) is 23.0. The Morgan fingerprint density at radius 1 is 1.10 bits per heavy atom. The molecule has 7 nitrogen and oxygen atoms in total. The van der Waals surface area contributed by atoms with Gasteiger partial charge in [0.15, 0.2) is 11.5 Å². The van der Waals surface area contributed by atoms with E-state index in [2.05, 4.69) is 10.0 Å². The van der Waals surface area contributed by atoms with Gasteiger partial charge in [-0.1, -0.05) is 26.0 Å². The molecule has 0 saturated carbocycles. The standard InChI is InChI=1S/C22H27FN2O5S/c1-14(2)21(22(26)24-13-16-5-7-18(23)15(3)11-16)25-31(27,28)17-6-8-19-20(12-17)30-10-4-9-29-19/h5-8,11-12,14,21,25H,4,9-10,13H2,1-3H3,(H,24,26). The van der Waals surface area contributed by atoms with E-state index >= 15 is 0 Å². The summed E-state index contributed by atoms with van der Waals surface area (Å²) in [4.78, 5) is 12.7. The highest BCUT2D eigenvalue weighted by atomic mass is 32.2. The van der Waals surface area contributed by atoms with Crippen molar-refractivity contribution >= 4 is 15.9 Å². The molecule has 1 unspecified atom stereocenters. The fraction of sp³-hybridized carbons (Fsp3) is 0.409. The maximum atomic E-state index is 13.4. The van der Waals surface area contributed by atoms with Crippen molar-refractivity contribution in [3.63, 3.8) is 0 Å². The number of fused-ring (bicyclic) bond motifs is 1. The molecular formula is C22H27FN2O5S. The van der Waals surface area contributed by atoms with Crippen LogP contribution in [0.5, 0.6) is 11.5 Å². The van der Waals surface area contributed by atoms with E-state index < -0.39 is 22.0 Å². The third-order valence-electron chi connectivity index (χ3n) is 4.95. The van der Waals surface area contributed by atoms with Crippen molar-refractivity contribution in [1.82, 2.24) is 10.0 Å². The van der Waals surface area contributed by atoms with Crippen molar-refractivity contribution in [2.75, 3.05) is 13.2 Å². The number of carbonyl (C=O) groups is 1. The number of hydrogen-bond acceptors (Lipinski definition) is 5. The number of sulfonamides is 1. The Balaban J connectivity index is 1.73. The van der Waals surface area contributed by atoms with E-state index in [-0.39, 0.29) is 23.2 Å². The summed E-state index contributed by atoms with van der Waals surface area (Å²) in [5, 5.41) is 2.73. The van der Waals surface area contributed by atoms with E-state index in [4.69, 9.17) is 9.47 Å². The van der Waals surface area contributed by atoms with Crippen LogP contribution in [0, 0.1) is 18.7 Å². The summed E-state index contributed by atoms with van der Waals surface area (Å²) in [6.07, 6.45) is 0.707. The molecule has 31 heavy (non-hydrogen) atoms. The Kier molecular flexibility index (Phi) is 7.17. The van der Waals surface area contributed by atoms with Crippen LogP contribution in [0.15, 0.2) is 41.3 Å². The van der Waals surface area contributed by atoms with Crippen molar-refractivity contribution in [3.05, 3.63) is 53.3 Å². The highest BCUT2D eigenvalue weighted by Crippen LogP contribution is 2.32. The maximum Gasteiger partial charge on any atom is 0.241 e. The normalized spacial score (nSPS) is 14.7. The lowest BCUT2D eigenvalue weighted by Gasteiger charge is -2.22. The fourth-order valence-corrected chi connectivity index (χ4v) is 4.51. The summed E-state index contributed by atoms with van der Waals surface area (Å²) in [7, 11) is -3.99. The van der Waals surface area contributed by atoms with E-state index in [0.717, 1.165) is 5.56 Å². The maximum absolute atomic E-state index is 13.4. The molecule has 3 rings (SSSR count). The molecule has 2 aromatic carbocycles. The van der Waals surface area contributed by atoms with Crippen LogP contribution in [0.25, 0.3) is 0 Å². The number of amides is 1. The Labute approximate surface area is 182 Å². The number of carbonyl (C=O) groups excluding carboxylic acids is 1. The molecule has 0 aliphatic carbocycles. The molecule has 1 aliphatic rings. The molecule has 9 heteroatoms. The lowest BCUT2D eigenvalue weighted by Crippen LogP contribution is -2.49. The second-order valence-electron chi connectivity index (χ2n) is 7.80. The molecule has 168 valence electrons. The van der Waals surface area contributed by atoms with Crippen LogP contribution >= 0.6 is 0 Å². The van der Waals surface area contributed by atoms with Gasteiger partial charge >= 0.3 is 0 Å². The van der Waals surface area contributed by atoms with Crippen LogP contribution in [-0.2, 0) is 21.4 Å². The molecule has 1 amide bonds. The molecule has 2 aromatic rings. The molecule has 0 fully saturated rings. The summed E-state index contributed by atoms with van der Waals surface area (Å²) < 4.78 is 52.9. The minimum Gasteiger partial charge on any atom is -0.490 e. The number of aryl methyl sites for hydroxylation is 1. The minimum absolute atomic E-state index is 0.00985. The number of rotatable bonds is 7. The number of ether oxygens (including phenoxy) is 2. The highest BCUT2D eigenvalue weighted by Gasteiger charge is 2.29. The van der Waals surface area contributed by atoms with E-state index in [1.54, 1.807) is 39.0 Å². The van der Waals surface area contributed by atoms with Gasteiger partial charge < -0.3 is 14.8 Å². The van der Waals surface area contributed by atoms with E-state index in [1.807, 2.05) is 0 Å². The van der Waals surface area contributed by atoms with Crippen LogP contribution in [0.3, 0.4) is 0 Å². The first-order valence-corrected chi connectivity index (χ1v) is 11.6. The van der Waals surface area contributed by atoms with Gasteiger partial charge in [0, 0.05) is 19.0 Å². The summed E-state index contributed by atoms with van der Waals surface area (Å²) in [6.45, 7) is 6.24. The van der Waals surface area contributed by atoms with E-state index in [1.165, 1.54) is 18.2 Å². The lowest BCUT2D eigenvalue weighted by atomic mass is 10.0. The average Bonchev–Trinajstić information content (AvgIpc) is 2.97. The lowest BCUT2D eigenvalue weighted by molar-refractivity contribution is -0.123. The molecule has 0 aromatic heterocycles. The predicted octanol–water partition coefficient (Wildman–Crippen LogP) is 2.91. The summed E-state index contributed by atoms with van der Waals surface area (Å²) >= 11 is 0. The number of benzene rings is 2. The van der Waals surface area contributed by atoms with Crippen LogP contribution in [0.1, 0.15) is 31.4 Å². The SMILES string of the molecule is Cc1cc(CNC(=O)C(NS(=O)(=O)c2ccc3c(c2)OCCCO3)C(C)C)ccc1F. The number of hydrogen-bond donors (Lipinski definition) is 2. The van der Waals surface area contributed by atoms with Crippen LogP contribution in [0.4, 0.5) is 4.39 Å². The number of nitrogens with one attached hydrogen (secondary N) is 2. The topological polar surface area (TPSA) is 93.7 Å². The third kappa shape index (κ3) is 5.74. The highest BCUT2D eigenvalue weighted by molar-refractivity contribution is 7.89. The van der Waals surface area contributed by atoms with Crippen molar-refractivity contribution in [2.24, 2.45) is 5.92 Å². The van der Waals surface area contributed by atoms with Gasteiger partial charge in [0.05, 0.1) is 18.1 Å². The summed E-state index contributed by atoms with van der Waals surface area (Å²) in [5.41, 5.74) is 1.20. The van der Waals surface area contributed by atoms with Crippen molar-refractivity contribution in [1.29, 1.82) is 0 Å². The van der Waals surface area contributed by atoms with Crippen molar-refractivity contribution in [2.45, 2.75) is 44.7 Å². The van der Waals surface area contributed by atoms with Crippen LogP contribution in [-0.4, -0.2) is 33.6 Å². The smallest absolute Gasteiger partial charge is 0.241 e. The monoisotopic (exact) mass is 450 g/mol. The zero-order valence-electron chi connectivity index (χ0n) is 17.8. The molecule has 0 spiro atoms. The van der Waals surface area contributed by atoms with Gasteiger partial charge in [0.25, 0.3) is 0 Å². The van der Waals surface area contributed by atoms with Gasteiger partial charge in [-0.3, -0.25) is 4.79 Å². The summed E-state index contributed by atoms with van der Waals surface area (Å²) in [5.74, 6) is -0.236. The third-order valence-corrected chi connectivity index (χ3v) is 6.39. The largest absolute Gasteiger partial charge is 0.490 e. The Bertz CT molecular complexity index is 1060. The quantitative estimate of drug-likeness (QED) is 0.677. The van der Waals surface area contributed by atoms with E-state index in [0.29, 0.717) is 36.7 Å². The summed E-state index contributed by atoms with van der Waals surface area (Å²) in [6, 6.07) is 7.95. The molecule has 0 bridgehead atoms. The first-order chi connectivity index (χ1) is 14.7. The Morgan fingerprint density at radius 3 is 2.48 bits per heavy atom. The van der Waals surface area contributed by atoms with Crippen LogP contribution < -0.4 is 19.5 Å². The molecule has 2 N–H and O–H groups in total. The van der Waals surface area contributed by atoms with Gasteiger partial charge in [0.1, 0.15) is 11.9 Å². The van der Waals surface area contributed by atoms with Gasteiger partial charge in [-0.15, -0.1) is 0 Å². The van der Waals surface area contributed by atoms with Gasteiger partial charge in [0.2, 0.25) is 15.9 Å². The molecule has 1 aliphatic heterocycles. The van der Waals surface area contributed by atoms with Gasteiger partial charge in [-0.05, 0) is 42.2 Å². The zero-order valence-corrected chi connectivity index (χ0v) is 18.6. The minimum atomic E-state index is -3.99. The van der Waals surface area contributed by atoms with Crippen LogP contribution in [0.2, 0.25) is 0 Å². The van der Waals surface area contributed by atoms with Gasteiger partial charge in [-0.2, -0.15) is 4.72 Å². The Hall–Kier alpha value is -2.65. The molecule has 0 radical (unpaired) electrons. The zero-order chi connectivity index (χ0) is 22.6. The molecule has 1 heterocycles. The van der Waals surface area contributed by atoms with Crippen molar-refractivity contribution in [3.8, 4) is 11.5 Å². The second-order valence-corrected chi connectivity index (χ2v) is 9.52. The van der Waals surface area contributed by atoms with Crippen molar-refractivity contribution < 1.29 is 27.1 Å². The fourth-order valence-electron chi connectivity index (χ4n) is 3.15. The number of halogens is 1. The molecule has 0 saturated heterocycles. The Morgan fingerprint density at radius 2 is 1.81 bits per heavy atom. The van der Waals surface area contributed by atoms with E-state index in [9.17, 15) is 17.6 Å². The van der Waals surface area contributed by atoms with Gasteiger partial charge in [-0.25, -0.2) is 12.8 Å². The first-order valence-electron chi connectivity index (χ1n) is 10.1. The predicted molar refractivity (Wildman–Crippen MR) is 114 cm³/mol. The second kappa shape index (κ2) is 9.65. The molecular weight excluding hydrogens is 423 g/mol. The average molecular weight is 451 g/mol.